The maximum atomic E-state index is 12.0. The van der Waals surface area contributed by atoms with Gasteiger partial charge in [-0.1, -0.05) is 166 Å². The van der Waals surface area contributed by atoms with Gasteiger partial charge in [0.25, 0.3) is 0 Å². The van der Waals surface area contributed by atoms with Crippen molar-refractivity contribution in [3.8, 4) is 0 Å². The molecule has 0 aliphatic rings. The van der Waals surface area contributed by atoms with Gasteiger partial charge in [0.05, 0.1) is 12.2 Å². The highest BCUT2D eigenvalue weighted by atomic mass is 16.6. The second kappa shape index (κ2) is 37.5. The van der Waals surface area contributed by atoms with E-state index in [0.717, 1.165) is 50.9 Å². The average molecular weight is 719 g/mol. The van der Waals surface area contributed by atoms with E-state index < -0.39 is 24.3 Å². The van der Waals surface area contributed by atoms with Crippen LogP contribution in [0.3, 0.4) is 0 Å². The number of ether oxygens (including phenoxy) is 2. The molecule has 0 rings (SSSR count). The van der Waals surface area contributed by atoms with E-state index in [1.54, 1.807) is 0 Å². The van der Waals surface area contributed by atoms with Gasteiger partial charge < -0.3 is 24.8 Å². The van der Waals surface area contributed by atoms with Gasteiger partial charge in [-0.25, -0.2) is 0 Å². The number of unbranched alkanes of at least 4 members (excludes halogenated alkanes) is 13. The number of esters is 2. The predicted molar refractivity (Wildman–Crippen MR) is 212 cm³/mol. The summed E-state index contributed by atoms with van der Waals surface area (Å²) >= 11 is 0. The van der Waals surface area contributed by atoms with Gasteiger partial charge in [-0.15, -0.1) is 0 Å². The quantitative estimate of drug-likeness (QED) is 0.0336. The number of aliphatic hydroxyl groups is 3. The molecule has 7 nitrogen and oxygen atoms in total. The van der Waals surface area contributed by atoms with Crippen LogP contribution in [0.4, 0.5) is 0 Å². The lowest BCUT2D eigenvalue weighted by molar-refractivity contribution is -0.152. The third-order valence-electron chi connectivity index (χ3n) is 9.32. The first-order valence-electron chi connectivity index (χ1n) is 20.7. The van der Waals surface area contributed by atoms with Crippen molar-refractivity contribution in [2.75, 3.05) is 13.2 Å². The summed E-state index contributed by atoms with van der Waals surface area (Å²) in [6.07, 6.45) is 39.2. The summed E-state index contributed by atoms with van der Waals surface area (Å²) in [6, 6.07) is 0. The Bertz CT molecular complexity index is 909. The largest absolute Gasteiger partial charge is 0.463 e. The molecule has 0 aromatic heterocycles. The van der Waals surface area contributed by atoms with Crippen molar-refractivity contribution < 1.29 is 34.4 Å². The standard InChI is InChI=1S/C44H78O7/c1-4-6-7-8-9-10-11-17-20-23-26-29-33-41(46)42(47)34-31-36-44(49)51-38-40(45)37-50-43(48)35-30-27-24-21-18-15-13-12-14-16-19-22-25-28-32-39(3)5-2/h6-7,9-10,17,20,26,29,39-42,45-47H,4-5,8,11-16,18-19,21-25,27-28,30-38H2,1-3H3/b7-6-,10-9-,20-17-,29-26-/t39?,40-,41-,42-/m0/s1. The first-order valence-corrected chi connectivity index (χ1v) is 20.7. The maximum Gasteiger partial charge on any atom is 0.305 e. The van der Waals surface area contributed by atoms with Crippen LogP contribution in [0.1, 0.15) is 181 Å². The fourth-order valence-corrected chi connectivity index (χ4v) is 5.68. The molecular weight excluding hydrogens is 640 g/mol. The van der Waals surface area contributed by atoms with Gasteiger partial charge in [0.1, 0.15) is 19.3 Å². The van der Waals surface area contributed by atoms with Crippen LogP contribution in [0.5, 0.6) is 0 Å². The van der Waals surface area contributed by atoms with E-state index in [9.17, 15) is 24.9 Å². The number of allylic oxidation sites excluding steroid dienone is 7. The van der Waals surface area contributed by atoms with Gasteiger partial charge in [0, 0.05) is 12.8 Å². The lowest BCUT2D eigenvalue weighted by Gasteiger charge is -2.16. The van der Waals surface area contributed by atoms with Crippen molar-refractivity contribution in [2.45, 2.75) is 200 Å². The topological polar surface area (TPSA) is 113 Å². The molecular formula is C44H78O7. The van der Waals surface area contributed by atoms with Gasteiger partial charge in [-0.2, -0.15) is 0 Å². The molecule has 0 heterocycles. The number of carbonyl (C=O) groups excluding carboxylic acids is 2. The summed E-state index contributed by atoms with van der Waals surface area (Å²) < 4.78 is 10.2. The first-order chi connectivity index (χ1) is 24.8. The summed E-state index contributed by atoms with van der Waals surface area (Å²) in [6.45, 7) is 6.32. The molecule has 0 aromatic carbocycles. The van der Waals surface area contributed by atoms with E-state index in [1.165, 1.54) is 83.5 Å². The summed E-state index contributed by atoms with van der Waals surface area (Å²) in [5.74, 6) is 0.0495. The van der Waals surface area contributed by atoms with Gasteiger partial charge >= 0.3 is 11.9 Å². The van der Waals surface area contributed by atoms with E-state index in [0.29, 0.717) is 19.3 Å². The highest BCUT2D eigenvalue weighted by Gasteiger charge is 2.16. The molecule has 51 heavy (non-hydrogen) atoms. The molecule has 7 heteroatoms. The summed E-state index contributed by atoms with van der Waals surface area (Å²) in [5, 5.41) is 30.4. The zero-order valence-corrected chi connectivity index (χ0v) is 33.0. The van der Waals surface area contributed by atoms with Gasteiger partial charge in [-0.05, 0) is 57.3 Å². The number of hydrogen-bond acceptors (Lipinski definition) is 7. The monoisotopic (exact) mass is 719 g/mol. The Morgan fingerprint density at radius 1 is 0.510 bits per heavy atom. The molecule has 0 aliphatic carbocycles. The summed E-state index contributed by atoms with van der Waals surface area (Å²) in [7, 11) is 0. The zero-order chi connectivity index (χ0) is 37.6. The third kappa shape index (κ3) is 35.9. The molecule has 296 valence electrons. The van der Waals surface area contributed by atoms with Crippen LogP contribution >= 0.6 is 0 Å². The fraction of sp³-hybridized carbons (Fsp3) is 0.773. The van der Waals surface area contributed by atoms with E-state index in [4.69, 9.17) is 9.47 Å². The minimum Gasteiger partial charge on any atom is -0.463 e. The molecule has 0 spiro atoms. The number of carbonyl (C=O) groups is 2. The molecule has 1 unspecified atom stereocenters. The predicted octanol–water partition coefficient (Wildman–Crippen LogP) is 10.8. The van der Waals surface area contributed by atoms with Crippen molar-refractivity contribution >= 4 is 11.9 Å². The molecule has 0 bridgehead atoms. The van der Waals surface area contributed by atoms with E-state index >= 15 is 0 Å². The average Bonchev–Trinajstić information content (AvgIpc) is 3.12. The van der Waals surface area contributed by atoms with Crippen LogP contribution in [0.25, 0.3) is 0 Å². The van der Waals surface area contributed by atoms with Gasteiger partial charge in [0.15, 0.2) is 0 Å². The van der Waals surface area contributed by atoms with Crippen LogP contribution in [-0.4, -0.2) is 58.8 Å². The molecule has 0 radical (unpaired) electrons. The number of rotatable bonds is 36. The molecule has 0 aromatic rings. The highest BCUT2D eigenvalue weighted by Crippen LogP contribution is 2.16. The Morgan fingerprint density at radius 2 is 0.922 bits per heavy atom. The smallest absolute Gasteiger partial charge is 0.305 e. The van der Waals surface area contributed by atoms with Crippen molar-refractivity contribution in [3.05, 3.63) is 48.6 Å². The summed E-state index contributed by atoms with van der Waals surface area (Å²) in [5.41, 5.74) is 0. The van der Waals surface area contributed by atoms with E-state index in [-0.39, 0.29) is 32.0 Å². The Morgan fingerprint density at radius 3 is 1.39 bits per heavy atom. The second-order valence-corrected chi connectivity index (χ2v) is 14.3. The van der Waals surface area contributed by atoms with E-state index in [2.05, 4.69) is 57.2 Å². The molecule has 0 aliphatic heterocycles. The van der Waals surface area contributed by atoms with Gasteiger partial charge in [-0.3, -0.25) is 9.59 Å². The van der Waals surface area contributed by atoms with Crippen molar-refractivity contribution in [1.82, 2.24) is 0 Å². The Balaban J connectivity index is 3.65. The number of hydrogen-bond donors (Lipinski definition) is 3. The summed E-state index contributed by atoms with van der Waals surface area (Å²) in [4.78, 5) is 24.0. The Labute approximate surface area is 313 Å². The normalized spacial score (nSPS) is 14.5. The zero-order valence-electron chi connectivity index (χ0n) is 33.0. The van der Waals surface area contributed by atoms with Crippen LogP contribution in [0.15, 0.2) is 48.6 Å². The lowest BCUT2D eigenvalue weighted by Crippen LogP contribution is -2.26. The van der Waals surface area contributed by atoms with Gasteiger partial charge in [0.2, 0.25) is 0 Å². The molecule has 0 saturated carbocycles. The maximum absolute atomic E-state index is 12.0. The Kier molecular flexibility index (Phi) is 35.9. The SMILES string of the molecule is CC/C=C\C/C=C\C/C=C\C/C=C\C[C@H](O)[C@@H](O)CCCC(=O)OC[C@@H](O)COC(=O)CCCCCCCCCCCCCCCCC(C)CC. The molecule has 0 fully saturated rings. The fourth-order valence-electron chi connectivity index (χ4n) is 5.68. The third-order valence-corrected chi connectivity index (χ3v) is 9.32. The van der Waals surface area contributed by atoms with Crippen molar-refractivity contribution in [3.63, 3.8) is 0 Å². The second-order valence-electron chi connectivity index (χ2n) is 14.3. The minimum absolute atomic E-state index is 0.0685. The van der Waals surface area contributed by atoms with Crippen LogP contribution < -0.4 is 0 Å². The van der Waals surface area contributed by atoms with E-state index in [1.807, 2.05) is 12.2 Å². The lowest BCUT2D eigenvalue weighted by atomic mass is 9.99. The van der Waals surface area contributed by atoms with Crippen molar-refractivity contribution in [1.29, 1.82) is 0 Å². The van der Waals surface area contributed by atoms with Crippen LogP contribution in [0, 0.1) is 5.92 Å². The molecule has 0 amide bonds. The first kappa shape index (κ1) is 48.8. The molecule has 0 saturated heterocycles. The number of aliphatic hydroxyl groups excluding tert-OH is 3. The van der Waals surface area contributed by atoms with Crippen molar-refractivity contribution in [2.24, 2.45) is 5.92 Å². The Hall–Kier alpha value is -2.22. The molecule has 3 N–H and O–H groups in total. The minimum atomic E-state index is -1.07. The van der Waals surface area contributed by atoms with Crippen LogP contribution in [0.2, 0.25) is 0 Å². The van der Waals surface area contributed by atoms with Crippen LogP contribution in [-0.2, 0) is 19.1 Å². The molecule has 4 atom stereocenters. The highest BCUT2D eigenvalue weighted by molar-refractivity contribution is 5.69.